The highest BCUT2D eigenvalue weighted by molar-refractivity contribution is 6.09. The largest absolute Gasteiger partial charge is 0.344 e. The molecule has 21 heavy (non-hydrogen) atoms. The van der Waals surface area contributed by atoms with Gasteiger partial charge >= 0.3 is 0 Å². The van der Waals surface area contributed by atoms with Crippen LogP contribution in [0.4, 0.5) is 5.69 Å². The van der Waals surface area contributed by atoms with Crippen molar-refractivity contribution >= 4 is 11.5 Å². The minimum atomic E-state index is 0.111. The molecule has 2 fully saturated rings. The Hall–Kier alpha value is -2.35. The topological polar surface area (TPSA) is 20.3 Å². The summed E-state index contributed by atoms with van der Waals surface area (Å²) in [5, 5.41) is 0. The summed E-state index contributed by atoms with van der Waals surface area (Å²) in [5.74, 6) is 0.804. The summed E-state index contributed by atoms with van der Waals surface area (Å²) in [6.07, 6.45) is 3.06. The minimum absolute atomic E-state index is 0.111. The highest BCUT2D eigenvalue weighted by atomic mass is 16.1. The zero-order valence-electron chi connectivity index (χ0n) is 11.6. The van der Waals surface area contributed by atoms with Crippen LogP contribution in [0.1, 0.15) is 22.3 Å². The second-order valence-corrected chi connectivity index (χ2v) is 6.26. The van der Waals surface area contributed by atoms with Gasteiger partial charge in [0.25, 0.3) is 0 Å². The second-order valence-electron chi connectivity index (χ2n) is 6.26. The van der Waals surface area contributed by atoms with Crippen molar-refractivity contribution in [2.45, 2.75) is 11.8 Å². The molecule has 0 unspecified atom stereocenters. The maximum absolute atomic E-state index is 12.5. The molecule has 0 amide bonds. The second kappa shape index (κ2) is 3.64. The standard InChI is InChI=1S/C19H15NO/c21-17-10-18-19(16-9-5-4-8-15(16)17)11-13(19)12-20(18)14-6-2-1-3-7-14/h1-10,13H,11-12H2/t13-,19-/m1/s1. The van der Waals surface area contributed by atoms with Crippen molar-refractivity contribution in [2.75, 3.05) is 11.4 Å². The number of allylic oxidation sites excluding steroid dienone is 2. The predicted octanol–water partition coefficient (Wildman–Crippen LogP) is 3.54. The van der Waals surface area contributed by atoms with Crippen LogP contribution in [0.25, 0.3) is 0 Å². The zero-order chi connectivity index (χ0) is 14.0. The summed E-state index contributed by atoms with van der Waals surface area (Å²) >= 11 is 0. The lowest BCUT2D eigenvalue weighted by Gasteiger charge is -2.30. The Kier molecular flexibility index (Phi) is 1.96. The lowest BCUT2D eigenvalue weighted by molar-refractivity contribution is 0.104. The number of ketones is 1. The molecule has 1 heterocycles. The number of hydrogen-bond acceptors (Lipinski definition) is 2. The number of para-hydroxylation sites is 1. The van der Waals surface area contributed by atoms with Gasteiger partial charge in [0.1, 0.15) is 0 Å². The fraction of sp³-hybridized carbons (Fsp3) is 0.211. The maximum Gasteiger partial charge on any atom is 0.187 e. The Morgan fingerprint density at radius 1 is 1.00 bits per heavy atom. The van der Waals surface area contributed by atoms with Crippen LogP contribution >= 0.6 is 0 Å². The van der Waals surface area contributed by atoms with Crippen molar-refractivity contribution < 1.29 is 4.79 Å². The van der Waals surface area contributed by atoms with Crippen LogP contribution in [0.5, 0.6) is 0 Å². The highest BCUT2D eigenvalue weighted by Gasteiger charge is 2.66. The van der Waals surface area contributed by atoms with Crippen LogP contribution < -0.4 is 4.90 Å². The number of anilines is 1. The van der Waals surface area contributed by atoms with Crippen LogP contribution in [-0.2, 0) is 5.41 Å². The number of nitrogens with zero attached hydrogens (tertiary/aromatic N) is 1. The van der Waals surface area contributed by atoms with Crippen molar-refractivity contribution in [1.29, 1.82) is 0 Å². The van der Waals surface area contributed by atoms with E-state index in [-0.39, 0.29) is 11.2 Å². The lowest BCUT2D eigenvalue weighted by Crippen LogP contribution is -2.28. The fourth-order valence-electron chi connectivity index (χ4n) is 4.24. The van der Waals surface area contributed by atoms with Gasteiger partial charge in [-0.15, -0.1) is 0 Å². The van der Waals surface area contributed by atoms with Gasteiger partial charge in [0.05, 0.1) is 0 Å². The molecule has 0 bridgehead atoms. The molecule has 0 radical (unpaired) electrons. The predicted molar refractivity (Wildman–Crippen MR) is 82.4 cm³/mol. The van der Waals surface area contributed by atoms with Crippen molar-refractivity contribution in [3.63, 3.8) is 0 Å². The Labute approximate surface area is 123 Å². The molecular formula is C19H15NO. The molecule has 1 saturated carbocycles. The monoisotopic (exact) mass is 273 g/mol. The molecule has 2 aromatic carbocycles. The summed E-state index contributed by atoms with van der Waals surface area (Å²) in [7, 11) is 0. The third-order valence-electron chi connectivity index (χ3n) is 5.26. The number of carbonyl (C=O) groups excluding carboxylic acids is 1. The molecule has 1 aliphatic heterocycles. The molecule has 3 aliphatic rings. The van der Waals surface area contributed by atoms with E-state index in [1.165, 1.54) is 23.4 Å². The molecule has 2 heteroatoms. The number of piperidine rings is 1. The van der Waals surface area contributed by atoms with Gasteiger partial charge in [-0.05, 0) is 30.0 Å². The quantitative estimate of drug-likeness (QED) is 0.792. The Morgan fingerprint density at radius 2 is 1.76 bits per heavy atom. The highest BCUT2D eigenvalue weighted by Crippen LogP contribution is 2.66. The molecule has 1 saturated heterocycles. The van der Waals surface area contributed by atoms with E-state index >= 15 is 0 Å². The van der Waals surface area contributed by atoms with Crippen LogP contribution in [-0.4, -0.2) is 12.3 Å². The van der Waals surface area contributed by atoms with E-state index in [0.717, 1.165) is 12.1 Å². The van der Waals surface area contributed by atoms with Crippen LogP contribution in [0.2, 0.25) is 0 Å². The maximum atomic E-state index is 12.5. The summed E-state index contributed by atoms with van der Waals surface area (Å²) in [5.41, 5.74) is 4.67. The number of fused-ring (bicyclic) bond motifs is 1. The van der Waals surface area contributed by atoms with E-state index < -0.39 is 0 Å². The van der Waals surface area contributed by atoms with Crippen molar-refractivity contribution in [2.24, 2.45) is 5.92 Å². The van der Waals surface area contributed by atoms with Crippen LogP contribution in [0, 0.1) is 5.92 Å². The van der Waals surface area contributed by atoms with E-state index in [0.29, 0.717) is 5.92 Å². The first-order valence-corrected chi connectivity index (χ1v) is 7.49. The lowest BCUT2D eigenvalue weighted by atomic mass is 9.81. The first kappa shape index (κ1) is 11.3. The van der Waals surface area contributed by atoms with E-state index in [1.807, 2.05) is 24.3 Å². The van der Waals surface area contributed by atoms with Crippen molar-refractivity contribution in [1.82, 2.24) is 0 Å². The molecule has 2 atom stereocenters. The summed E-state index contributed by atoms with van der Waals surface area (Å²) in [6.45, 7) is 1.03. The Balaban J connectivity index is 1.69. The Bertz CT molecular complexity index is 792. The van der Waals surface area contributed by atoms with E-state index in [2.05, 4.69) is 41.3 Å². The summed E-state index contributed by atoms with van der Waals surface area (Å²) in [6, 6.07) is 18.6. The molecule has 0 aromatic heterocycles. The zero-order valence-corrected chi connectivity index (χ0v) is 11.6. The molecule has 2 nitrogen and oxygen atoms in total. The Morgan fingerprint density at radius 3 is 2.62 bits per heavy atom. The average Bonchev–Trinajstić information content (AvgIpc) is 3.17. The third kappa shape index (κ3) is 1.30. The number of carbonyl (C=O) groups is 1. The van der Waals surface area contributed by atoms with Gasteiger partial charge in [-0.1, -0.05) is 42.5 Å². The normalized spacial score (nSPS) is 28.6. The van der Waals surface area contributed by atoms with Gasteiger partial charge in [-0.2, -0.15) is 0 Å². The molecule has 2 aliphatic carbocycles. The minimum Gasteiger partial charge on any atom is -0.344 e. The van der Waals surface area contributed by atoms with Crippen LogP contribution in [0.3, 0.4) is 0 Å². The molecule has 1 spiro atoms. The average molecular weight is 273 g/mol. The molecule has 0 N–H and O–H groups in total. The smallest absolute Gasteiger partial charge is 0.187 e. The molecule has 102 valence electrons. The van der Waals surface area contributed by atoms with Gasteiger partial charge in [-0.3, -0.25) is 4.79 Å². The molecular weight excluding hydrogens is 258 g/mol. The summed E-state index contributed by atoms with van der Waals surface area (Å²) < 4.78 is 0. The van der Waals surface area contributed by atoms with Crippen molar-refractivity contribution in [3.05, 3.63) is 77.5 Å². The van der Waals surface area contributed by atoms with Gasteiger partial charge < -0.3 is 4.90 Å². The third-order valence-corrected chi connectivity index (χ3v) is 5.26. The van der Waals surface area contributed by atoms with E-state index in [9.17, 15) is 4.79 Å². The van der Waals surface area contributed by atoms with E-state index in [4.69, 9.17) is 0 Å². The van der Waals surface area contributed by atoms with Gasteiger partial charge in [-0.25, -0.2) is 0 Å². The fourth-order valence-corrected chi connectivity index (χ4v) is 4.24. The number of hydrogen-bond donors (Lipinski definition) is 0. The first-order valence-electron chi connectivity index (χ1n) is 7.49. The van der Waals surface area contributed by atoms with Crippen LogP contribution in [0.15, 0.2) is 66.4 Å². The van der Waals surface area contributed by atoms with E-state index in [1.54, 1.807) is 0 Å². The molecule has 2 aromatic rings. The van der Waals surface area contributed by atoms with Crippen molar-refractivity contribution in [3.8, 4) is 0 Å². The number of benzene rings is 2. The van der Waals surface area contributed by atoms with Gasteiger partial charge in [0.15, 0.2) is 5.78 Å². The van der Waals surface area contributed by atoms with Gasteiger partial charge in [0.2, 0.25) is 0 Å². The number of rotatable bonds is 1. The first-order chi connectivity index (χ1) is 10.3. The summed E-state index contributed by atoms with van der Waals surface area (Å²) in [4.78, 5) is 14.8. The molecule has 5 rings (SSSR count). The van der Waals surface area contributed by atoms with Gasteiger partial charge in [0, 0.05) is 35.0 Å². The SMILES string of the molecule is O=C1C=C2N(c3ccccc3)C[C@H]3C[C@@]23c2ccccc21.